The molecule has 0 spiro atoms. The van der Waals surface area contributed by atoms with Crippen molar-refractivity contribution in [3.05, 3.63) is 65.0 Å². The molecule has 0 bridgehead atoms. The minimum Gasteiger partial charge on any atom is -0.337 e. The number of nitrogens with one attached hydrogen (secondary N) is 1. The molecule has 0 saturated carbocycles. The van der Waals surface area contributed by atoms with E-state index in [1.807, 2.05) is 0 Å². The van der Waals surface area contributed by atoms with Crippen LogP contribution in [0.15, 0.2) is 47.4 Å². The molecule has 5 nitrogen and oxygen atoms in total. The monoisotopic (exact) mass is 392 g/mol. The van der Waals surface area contributed by atoms with Crippen molar-refractivity contribution in [3.8, 4) is 0 Å². The van der Waals surface area contributed by atoms with Gasteiger partial charge in [-0.3, -0.25) is 4.79 Å². The zero-order valence-electron chi connectivity index (χ0n) is 16.2. The van der Waals surface area contributed by atoms with Crippen LogP contribution >= 0.6 is 0 Å². The summed E-state index contributed by atoms with van der Waals surface area (Å²) in [5.74, 6) is -0.641. The second-order valence-electron chi connectivity index (χ2n) is 7.62. The Morgan fingerprint density at radius 1 is 1.11 bits per heavy atom. The van der Waals surface area contributed by atoms with Crippen molar-refractivity contribution in [2.75, 3.05) is 7.05 Å². The predicted octanol–water partition coefficient (Wildman–Crippen LogP) is 3.48. The molecule has 0 atom stereocenters. The maximum atomic E-state index is 13.0. The molecular weight excluding hydrogens is 367 g/mol. The fourth-order valence-electron chi connectivity index (χ4n) is 2.60. The zero-order chi connectivity index (χ0) is 20.4. The van der Waals surface area contributed by atoms with E-state index in [4.69, 9.17) is 0 Å². The molecular formula is C20H25FN2O3S. The number of nitrogens with zero attached hydrogens (tertiary/aromatic N) is 1. The number of amides is 1. The van der Waals surface area contributed by atoms with Gasteiger partial charge in [0.25, 0.3) is 5.91 Å². The highest BCUT2D eigenvalue weighted by molar-refractivity contribution is 7.89. The molecule has 146 valence electrons. The molecule has 27 heavy (non-hydrogen) atoms. The second kappa shape index (κ2) is 7.78. The molecule has 0 aliphatic carbocycles. The molecule has 0 unspecified atom stereocenters. The minimum atomic E-state index is -3.74. The Morgan fingerprint density at radius 2 is 1.70 bits per heavy atom. The van der Waals surface area contributed by atoms with Gasteiger partial charge < -0.3 is 4.90 Å². The van der Waals surface area contributed by atoms with Crippen LogP contribution in [-0.4, -0.2) is 31.8 Å². The Bertz CT molecular complexity index is 933. The molecule has 1 amide bonds. The van der Waals surface area contributed by atoms with Gasteiger partial charge in [-0.25, -0.2) is 17.5 Å². The van der Waals surface area contributed by atoms with Crippen molar-refractivity contribution in [3.63, 3.8) is 0 Å². The molecule has 2 aromatic rings. The summed E-state index contributed by atoms with van der Waals surface area (Å²) in [5, 5.41) is 0. The maximum absolute atomic E-state index is 13.0. The molecule has 0 aliphatic rings. The topological polar surface area (TPSA) is 66.5 Å². The molecule has 2 rings (SSSR count). The number of rotatable bonds is 5. The Kier molecular flexibility index (Phi) is 6.07. The first-order chi connectivity index (χ1) is 12.4. The van der Waals surface area contributed by atoms with Gasteiger partial charge in [0.15, 0.2) is 0 Å². The molecule has 0 aromatic heterocycles. The summed E-state index contributed by atoms with van der Waals surface area (Å²) < 4.78 is 40.7. The van der Waals surface area contributed by atoms with E-state index < -0.39 is 15.6 Å². The van der Waals surface area contributed by atoms with E-state index in [1.54, 1.807) is 52.9 Å². The summed E-state index contributed by atoms with van der Waals surface area (Å²) in [5.41, 5.74) is 1.15. The van der Waals surface area contributed by atoms with Crippen molar-refractivity contribution >= 4 is 15.9 Å². The van der Waals surface area contributed by atoms with Gasteiger partial charge in [-0.2, -0.15) is 0 Å². The molecule has 0 heterocycles. The van der Waals surface area contributed by atoms with Crippen molar-refractivity contribution < 1.29 is 17.6 Å². The van der Waals surface area contributed by atoms with Crippen LogP contribution in [-0.2, 0) is 16.6 Å². The molecule has 0 fully saturated rings. The highest BCUT2D eigenvalue weighted by atomic mass is 32.2. The summed E-state index contributed by atoms with van der Waals surface area (Å²) in [4.78, 5) is 14.4. The summed E-state index contributed by atoms with van der Waals surface area (Å²) in [6.07, 6.45) is 0. The third-order valence-electron chi connectivity index (χ3n) is 3.87. The lowest BCUT2D eigenvalue weighted by molar-refractivity contribution is 0.0784. The third-order valence-corrected chi connectivity index (χ3v) is 5.63. The van der Waals surface area contributed by atoms with Crippen molar-refractivity contribution in [1.29, 1.82) is 0 Å². The number of hydrogen-bond donors (Lipinski definition) is 1. The van der Waals surface area contributed by atoms with Crippen LogP contribution in [0, 0.1) is 12.7 Å². The van der Waals surface area contributed by atoms with E-state index in [2.05, 4.69) is 4.72 Å². The Balaban J connectivity index is 2.29. The van der Waals surface area contributed by atoms with Crippen LogP contribution in [0.3, 0.4) is 0 Å². The SMILES string of the molecule is Cc1ccc(S(=O)(=O)NC(C)(C)C)cc1C(=O)N(C)Cc1ccc(F)cc1. The fraction of sp³-hybridized carbons (Fsp3) is 0.350. The lowest BCUT2D eigenvalue weighted by Gasteiger charge is -2.22. The number of aryl methyl sites for hydroxylation is 1. The number of carbonyl (C=O) groups is 1. The van der Waals surface area contributed by atoms with Gasteiger partial charge in [0.2, 0.25) is 10.0 Å². The molecule has 0 aliphatic heterocycles. The van der Waals surface area contributed by atoms with Gasteiger partial charge in [-0.1, -0.05) is 18.2 Å². The molecule has 0 saturated heterocycles. The first-order valence-corrected chi connectivity index (χ1v) is 10.0. The lowest BCUT2D eigenvalue weighted by Crippen LogP contribution is -2.40. The van der Waals surface area contributed by atoms with E-state index in [0.717, 1.165) is 5.56 Å². The van der Waals surface area contributed by atoms with Crippen molar-refractivity contribution in [2.45, 2.75) is 44.7 Å². The summed E-state index contributed by atoms with van der Waals surface area (Å²) in [7, 11) is -2.12. The van der Waals surface area contributed by atoms with Gasteiger partial charge in [-0.15, -0.1) is 0 Å². The van der Waals surface area contributed by atoms with E-state index in [1.165, 1.54) is 29.2 Å². The molecule has 2 aromatic carbocycles. The zero-order valence-corrected chi connectivity index (χ0v) is 17.0. The number of benzene rings is 2. The maximum Gasteiger partial charge on any atom is 0.254 e. The van der Waals surface area contributed by atoms with E-state index in [-0.39, 0.29) is 23.2 Å². The first-order valence-electron chi connectivity index (χ1n) is 8.53. The number of hydrogen-bond acceptors (Lipinski definition) is 3. The van der Waals surface area contributed by atoms with Crippen LogP contribution in [0.5, 0.6) is 0 Å². The quantitative estimate of drug-likeness (QED) is 0.847. The minimum absolute atomic E-state index is 0.0431. The third kappa shape index (κ3) is 5.61. The Morgan fingerprint density at radius 3 is 2.26 bits per heavy atom. The standard InChI is InChI=1S/C20H25FN2O3S/c1-14-6-11-17(27(25,26)22-20(2,3)4)12-18(14)19(24)23(5)13-15-7-9-16(21)10-8-15/h6-12,22H,13H2,1-5H3. The van der Waals surface area contributed by atoms with E-state index >= 15 is 0 Å². The van der Waals surface area contributed by atoms with Gasteiger partial charge in [-0.05, 0) is 63.1 Å². The molecule has 7 heteroatoms. The van der Waals surface area contributed by atoms with Gasteiger partial charge >= 0.3 is 0 Å². The highest BCUT2D eigenvalue weighted by Gasteiger charge is 2.24. The molecule has 1 N–H and O–H groups in total. The van der Waals surface area contributed by atoms with Gasteiger partial charge in [0.1, 0.15) is 5.82 Å². The average Bonchev–Trinajstić information content (AvgIpc) is 2.54. The van der Waals surface area contributed by atoms with Crippen LogP contribution < -0.4 is 4.72 Å². The van der Waals surface area contributed by atoms with Gasteiger partial charge in [0.05, 0.1) is 4.90 Å². The van der Waals surface area contributed by atoms with Crippen LogP contribution in [0.1, 0.15) is 42.3 Å². The highest BCUT2D eigenvalue weighted by Crippen LogP contribution is 2.19. The Labute approximate surface area is 160 Å². The summed E-state index contributed by atoms with van der Waals surface area (Å²) in [6, 6.07) is 10.4. The Hall–Kier alpha value is -2.25. The van der Waals surface area contributed by atoms with Crippen LogP contribution in [0.4, 0.5) is 4.39 Å². The average molecular weight is 392 g/mol. The van der Waals surface area contributed by atoms with E-state index in [9.17, 15) is 17.6 Å². The second-order valence-corrected chi connectivity index (χ2v) is 9.30. The number of sulfonamides is 1. The summed E-state index contributed by atoms with van der Waals surface area (Å²) in [6.45, 7) is 7.30. The smallest absolute Gasteiger partial charge is 0.254 e. The van der Waals surface area contributed by atoms with Crippen molar-refractivity contribution in [1.82, 2.24) is 9.62 Å². The number of halogens is 1. The summed E-state index contributed by atoms with van der Waals surface area (Å²) >= 11 is 0. The van der Waals surface area contributed by atoms with Crippen LogP contribution in [0.25, 0.3) is 0 Å². The van der Waals surface area contributed by atoms with Crippen molar-refractivity contribution in [2.24, 2.45) is 0 Å². The lowest BCUT2D eigenvalue weighted by atomic mass is 10.1. The largest absolute Gasteiger partial charge is 0.337 e. The normalized spacial score (nSPS) is 12.1. The number of carbonyl (C=O) groups excluding carboxylic acids is 1. The van der Waals surface area contributed by atoms with Crippen LogP contribution in [0.2, 0.25) is 0 Å². The first kappa shape index (κ1) is 21.1. The van der Waals surface area contributed by atoms with Gasteiger partial charge in [0, 0.05) is 24.7 Å². The molecule has 0 radical (unpaired) electrons. The predicted molar refractivity (Wildman–Crippen MR) is 103 cm³/mol. The van der Waals surface area contributed by atoms with E-state index in [0.29, 0.717) is 11.1 Å². The fourth-order valence-corrected chi connectivity index (χ4v) is 4.05.